The minimum absolute atomic E-state index is 0.0639. The minimum Gasteiger partial charge on any atom is -0.326 e. The summed E-state index contributed by atoms with van der Waals surface area (Å²) in [7, 11) is 0. The molecule has 27 heavy (non-hydrogen) atoms. The van der Waals surface area contributed by atoms with Crippen molar-refractivity contribution in [3.05, 3.63) is 58.1 Å². The summed E-state index contributed by atoms with van der Waals surface area (Å²) in [5, 5.41) is 6.16. The summed E-state index contributed by atoms with van der Waals surface area (Å²) in [6, 6.07) is 11.2. The smallest absolute Gasteiger partial charge is 0.240 e. The van der Waals surface area contributed by atoms with Gasteiger partial charge >= 0.3 is 0 Å². The standard InChI is InChI=1S/C20H20ClN3O2S/c1-11-7-8-14(9-12(11)2)22-20-24-19(26)17(27-20)10-18(25)23-16-6-4-5-15(21)13(16)3/h4-9,17H,10H2,1-3H3,(H,23,25)(H,22,24,26)/t17-/m1/s1. The Balaban J connectivity index is 1.65. The maximum atomic E-state index is 12.3. The number of carbonyl (C=O) groups is 2. The monoisotopic (exact) mass is 401 g/mol. The Hall–Kier alpha value is -2.31. The van der Waals surface area contributed by atoms with Gasteiger partial charge in [-0.05, 0) is 61.7 Å². The first-order chi connectivity index (χ1) is 12.8. The zero-order chi connectivity index (χ0) is 19.6. The molecule has 5 nitrogen and oxygen atoms in total. The number of aliphatic imine (C=N–C) groups is 1. The molecule has 0 aliphatic carbocycles. The van der Waals surface area contributed by atoms with Gasteiger partial charge in [0.05, 0.1) is 5.69 Å². The van der Waals surface area contributed by atoms with Crippen molar-refractivity contribution in [2.45, 2.75) is 32.4 Å². The highest BCUT2D eigenvalue weighted by molar-refractivity contribution is 8.15. The molecular weight excluding hydrogens is 382 g/mol. The van der Waals surface area contributed by atoms with E-state index in [2.05, 4.69) is 15.6 Å². The van der Waals surface area contributed by atoms with Crippen LogP contribution in [0.5, 0.6) is 0 Å². The number of nitrogens with one attached hydrogen (secondary N) is 2. The quantitative estimate of drug-likeness (QED) is 0.791. The van der Waals surface area contributed by atoms with E-state index < -0.39 is 5.25 Å². The highest BCUT2D eigenvalue weighted by atomic mass is 35.5. The fraction of sp³-hybridized carbons (Fsp3) is 0.250. The Morgan fingerprint density at radius 1 is 1.22 bits per heavy atom. The van der Waals surface area contributed by atoms with Crippen LogP contribution >= 0.6 is 23.4 Å². The van der Waals surface area contributed by atoms with E-state index in [1.165, 1.54) is 17.3 Å². The number of halogens is 1. The molecular formula is C20H20ClN3O2S. The van der Waals surface area contributed by atoms with Crippen LogP contribution in [0.2, 0.25) is 5.02 Å². The number of rotatable bonds is 4. The number of aryl methyl sites for hydroxylation is 2. The van der Waals surface area contributed by atoms with Crippen molar-refractivity contribution in [3.8, 4) is 0 Å². The number of anilines is 1. The fourth-order valence-corrected chi connectivity index (χ4v) is 3.78. The fourth-order valence-electron chi connectivity index (χ4n) is 2.62. The number of hydrogen-bond acceptors (Lipinski definition) is 4. The summed E-state index contributed by atoms with van der Waals surface area (Å²) in [4.78, 5) is 29.0. The van der Waals surface area contributed by atoms with Gasteiger partial charge in [-0.1, -0.05) is 35.5 Å². The molecule has 3 rings (SSSR count). The highest BCUT2D eigenvalue weighted by Crippen LogP contribution is 2.27. The molecule has 2 amide bonds. The van der Waals surface area contributed by atoms with E-state index in [0.717, 1.165) is 16.8 Å². The summed E-state index contributed by atoms with van der Waals surface area (Å²) in [6.45, 7) is 5.89. The van der Waals surface area contributed by atoms with Crippen LogP contribution in [0, 0.1) is 20.8 Å². The average Bonchev–Trinajstić information content (AvgIpc) is 2.94. The lowest BCUT2D eigenvalue weighted by Crippen LogP contribution is -2.28. The summed E-state index contributed by atoms with van der Waals surface area (Å²) >= 11 is 7.34. The summed E-state index contributed by atoms with van der Waals surface area (Å²) in [6.07, 6.45) is 0.0639. The Kier molecular flexibility index (Phi) is 5.87. The second kappa shape index (κ2) is 8.15. The number of benzene rings is 2. The molecule has 140 valence electrons. The van der Waals surface area contributed by atoms with Crippen LogP contribution in [0.4, 0.5) is 11.4 Å². The molecule has 0 radical (unpaired) electrons. The van der Waals surface area contributed by atoms with E-state index in [9.17, 15) is 9.59 Å². The van der Waals surface area contributed by atoms with Gasteiger partial charge < -0.3 is 10.6 Å². The van der Waals surface area contributed by atoms with Crippen LogP contribution in [-0.4, -0.2) is 22.2 Å². The van der Waals surface area contributed by atoms with Crippen molar-refractivity contribution < 1.29 is 9.59 Å². The maximum absolute atomic E-state index is 12.3. The van der Waals surface area contributed by atoms with Gasteiger partial charge in [0, 0.05) is 17.1 Å². The molecule has 1 heterocycles. The van der Waals surface area contributed by atoms with Gasteiger partial charge in [-0.25, -0.2) is 4.99 Å². The number of amides is 2. The Labute approximate surface area is 167 Å². The third-order valence-corrected chi connectivity index (χ3v) is 5.90. The second-order valence-corrected chi connectivity index (χ2v) is 8.04. The van der Waals surface area contributed by atoms with Crippen molar-refractivity contribution in [2.75, 3.05) is 5.32 Å². The van der Waals surface area contributed by atoms with Crippen LogP contribution in [-0.2, 0) is 9.59 Å². The topological polar surface area (TPSA) is 70.6 Å². The molecule has 1 aliphatic heterocycles. The lowest BCUT2D eigenvalue weighted by atomic mass is 10.1. The van der Waals surface area contributed by atoms with Crippen LogP contribution in [0.3, 0.4) is 0 Å². The number of thioether (sulfide) groups is 1. The predicted molar refractivity (Wildman–Crippen MR) is 112 cm³/mol. The zero-order valence-corrected chi connectivity index (χ0v) is 16.9. The van der Waals surface area contributed by atoms with Gasteiger partial charge in [0.1, 0.15) is 5.25 Å². The van der Waals surface area contributed by atoms with Crippen LogP contribution < -0.4 is 10.6 Å². The number of amidine groups is 1. The van der Waals surface area contributed by atoms with Crippen molar-refractivity contribution >= 4 is 51.7 Å². The maximum Gasteiger partial charge on any atom is 0.240 e. The van der Waals surface area contributed by atoms with E-state index in [-0.39, 0.29) is 18.2 Å². The number of nitrogens with zero attached hydrogens (tertiary/aromatic N) is 1. The van der Waals surface area contributed by atoms with Gasteiger partial charge in [0.2, 0.25) is 11.8 Å². The highest BCUT2D eigenvalue weighted by Gasteiger charge is 2.32. The molecule has 2 N–H and O–H groups in total. The average molecular weight is 402 g/mol. The van der Waals surface area contributed by atoms with Crippen molar-refractivity contribution in [1.82, 2.24) is 5.32 Å². The van der Waals surface area contributed by atoms with E-state index in [0.29, 0.717) is 15.9 Å². The van der Waals surface area contributed by atoms with Crippen molar-refractivity contribution in [2.24, 2.45) is 4.99 Å². The minimum atomic E-state index is -0.505. The summed E-state index contributed by atoms with van der Waals surface area (Å²) in [5.74, 6) is -0.444. The van der Waals surface area contributed by atoms with E-state index in [1.807, 2.05) is 39.0 Å². The summed E-state index contributed by atoms with van der Waals surface area (Å²) < 4.78 is 0. The lowest BCUT2D eigenvalue weighted by Gasteiger charge is -2.10. The zero-order valence-electron chi connectivity index (χ0n) is 15.3. The SMILES string of the molecule is Cc1ccc(N=C2NC(=O)[C@@H](CC(=O)Nc3cccc(Cl)c3C)S2)cc1C. The van der Waals surface area contributed by atoms with Gasteiger partial charge in [0.15, 0.2) is 5.17 Å². The largest absolute Gasteiger partial charge is 0.326 e. The Bertz CT molecular complexity index is 943. The molecule has 0 aromatic heterocycles. The molecule has 1 fully saturated rings. The second-order valence-electron chi connectivity index (χ2n) is 6.45. The molecule has 0 unspecified atom stereocenters. The molecule has 0 saturated carbocycles. The molecule has 7 heteroatoms. The van der Waals surface area contributed by atoms with Crippen LogP contribution in [0.15, 0.2) is 41.4 Å². The van der Waals surface area contributed by atoms with Gasteiger partial charge in [-0.3, -0.25) is 9.59 Å². The van der Waals surface area contributed by atoms with E-state index >= 15 is 0 Å². The van der Waals surface area contributed by atoms with Crippen molar-refractivity contribution in [1.29, 1.82) is 0 Å². The predicted octanol–water partition coefficient (Wildman–Crippen LogP) is 4.51. The first-order valence-electron chi connectivity index (χ1n) is 8.52. The van der Waals surface area contributed by atoms with Crippen LogP contribution in [0.1, 0.15) is 23.1 Å². The van der Waals surface area contributed by atoms with Gasteiger partial charge in [-0.15, -0.1) is 0 Å². The summed E-state index contributed by atoms with van der Waals surface area (Å²) in [5.41, 5.74) is 4.56. The molecule has 2 aromatic rings. The third kappa shape index (κ3) is 4.70. The van der Waals surface area contributed by atoms with Crippen LogP contribution in [0.25, 0.3) is 0 Å². The van der Waals surface area contributed by atoms with Crippen molar-refractivity contribution in [3.63, 3.8) is 0 Å². The Morgan fingerprint density at radius 2 is 2.00 bits per heavy atom. The van der Waals surface area contributed by atoms with Gasteiger partial charge in [0.25, 0.3) is 0 Å². The first-order valence-corrected chi connectivity index (χ1v) is 9.77. The molecule has 1 aliphatic rings. The van der Waals surface area contributed by atoms with E-state index in [1.54, 1.807) is 18.2 Å². The molecule has 2 aromatic carbocycles. The first kappa shape index (κ1) is 19.5. The number of carbonyl (C=O) groups excluding carboxylic acids is 2. The van der Waals surface area contributed by atoms with E-state index in [4.69, 9.17) is 11.6 Å². The third-order valence-electron chi connectivity index (χ3n) is 4.41. The molecule has 0 spiro atoms. The molecule has 1 atom stereocenters. The lowest BCUT2D eigenvalue weighted by molar-refractivity contribution is -0.122. The molecule has 0 bridgehead atoms. The molecule has 1 saturated heterocycles. The Morgan fingerprint density at radius 3 is 2.74 bits per heavy atom. The van der Waals surface area contributed by atoms with Gasteiger partial charge in [-0.2, -0.15) is 0 Å². The number of hydrogen-bond donors (Lipinski definition) is 2. The normalized spacial score (nSPS) is 17.9.